The second-order valence-corrected chi connectivity index (χ2v) is 4.76. The number of benzene rings is 2. The van der Waals surface area contributed by atoms with Gasteiger partial charge in [0.05, 0.1) is 17.0 Å². The SMILES string of the molecule is N#CC(C(=O)c1ccccc1)c1nc2ccccc2c(=O)[nH]1. The summed E-state index contributed by atoms with van der Waals surface area (Å²) in [5.41, 5.74) is 0.508. The van der Waals surface area contributed by atoms with Crippen LogP contribution in [-0.4, -0.2) is 15.8 Å². The summed E-state index contributed by atoms with van der Waals surface area (Å²) in [4.78, 5) is 31.3. The minimum absolute atomic E-state index is 0.0695. The van der Waals surface area contributed by atoms with Gasteiger partial charge in [-0.15, -0.1) is 0 Å². The van der Waals surface area contributed by atoms with Crippen LogP contribution in [0.4, 0.5) is 0 Å². The molecule has 3 aromatic rings. The molecule has 0 aliphatic carbocycles. The first-order valence-electron chi connectivity index (χ1n) is 6.68. The zero-order valence-electron chi connectivity index (χ0n) is 11.5. The van der Waals surface area contributed by atoms with Crippen LogP contribution in [0.15, 0.2) is 59.4 Å². The van der Waals surface area contributed by atoms with Crippen molar-refractivity contribution in [3.8, 4) is 6.07 Å². The maximum absolute atomic E-state index is 12.4. The molecule has 0 fully saturated rings. The molecule has 0 aliphatic heterocycles. The van der Waals surface area contributed by atoms with Gasteiger partial charge in [-0.05, 0) is 12.1 Å². The van der Waals surface area contributed by atoms with E-state index in [1.807, 2.05) is 6.07 Å². The quantitative estimate of drug-likeness (QED) is 0.750. The molecule has 0 amide bonds. The van der Waals surface area contributed by atoms with Crippen molar-refractivity contribution in [1.29, 1.82) is 5.26 Å². The smallest absolute Gasteiger partial charge is 0.258 e. The number of H-pyrrole nitrogens is 1. The molecular formula is C17H11N3O2. The Balaban J connectivity index is 2.10. The van der Waals surface area contributed by atoms with Crippen LogP contribution in [0.3, 0.4) is 0 Å². The van der Waals surface area contributed by atoms with Crippen molar-refractivity contribution >= 4 is 16.7 Å². The van der Waals surface area contributed by atoms with Crippen LogP contribution in [0.2, 0.25) is 0 Å². The second-order valence-electron chi connectivity index (χ2n) is 4.76. The monoisotopic (exact) mass is 289 g/mol. The third kappa shape index (κ3) is 2.38. The number of fused-ring (bicyclic) bond motifs is 1. The van der Waals surface area contributed by atoms with Crippen LogP contribution in [0.25, 0.3) is 10.9 Å². The van der Waals surface area contributed by atoms with E-state index in [0.717, 1.165) is 0 Å². The summed E-state index contributed by atoms with van der Waals surface area (Å²) in [5, 5.41) is 9.77. The molecule has 22 heavy (non-hydrogen) atoms. The fourth-order valence-electron chi connectivity index (χ4n) is 2.25. The number of Topliss-reactive ketones (excluding diaryl/α,β-unsaturated/α-hetero) is 1. The van der Waals surface area contributed by atoms with Crippen LogP contribution < -0.4 is 5.56 Å². The summed E-state index contributed by atoms with van der Waals surface area (Å²) >= 11 is 0. The van der Waals surface area contributed by atoms with Gasteiger partial charge in [0.1, 0.15) is 5.82 Å². The lowest BCUT2D eigenvalue weighted by atomic mass is 9.98. The number of aromatic nitrogens is 2. The van der Waals surface area contributed by atoms with Crippen molar-refractivity contribution in [2.24, 2.45) is 0 Å². The number of nitrogens with one attached hydrogen (secondary N) is 1. The maximum atomic E-state index is 12.4. The lowest BCUT2D eigenvalue weighted by Gasteiger charge is -2.08. The number of carbonyl (C=O) groups is 1. The predicted molar refractivity (Wildman–Crippen MR) is 81.5 cm³/mol. The van der Waals surface area contributed by atoms with Crippen molar-refractivity contribution in [2.75, 3.05) is 0 Å². The summed E-state index contributed by atoms with van der Waals surface area (Å²) in [5.74, 6) is -1.46. The molecule has 3 rings (SSSR count). The molecule has 0 radical (unpaired) electrons. The number of nitriles is 1. The number of hydrogen-bond acceptors (Lipinski definition) is 4. The molecule has 2 aromatic carbocycles. The molecule has 0 saturated carbocycles. The molecule has 0 spiro atoms. The molecule has 106 valence electrons. The molecule has 0 saturated heterocycles. The van der Waals surface area contributed by atoms with Crippen LogP contribution >= 0.6 is 0 Å². The number of para-hydroxylation sites is 1. The Morgan fingerprint density at radius 3 is 2.50 bits per heavy atom. The van der Waals surface area contributed by atoms with E-state index in [4.69, 9.17) is 0 Å². The highest BCUT2D eigenvalue weighted by Gasteiger charge is 2.24. The molecule has 1 unspecified atom stereocenters. The minimum Gasteiger partial charge on any atom is -0.308 e. The number of rotatable bonds is 3. The van der Waals surface area contributed by atoms with Gasteiger partial charge in [0.2, 0.25) is 0 Å². The Morgan fingerprint density at radius 1 is 1.09 bits per heavy atom. The Labute approximate surface area is 125 Å². The van der Waals surface area contributed by atoms with E-state index < -0.39 is 5.92 Å². The van der Waals surface area contributed by atoms with Crippen LogP contribution in [-0.2, 0) is 0 Å². The highest BCUT2D eigenvalue weighted by molar-refractivity contribution is 6.02. The third-order valence-corrected chi connectivity index (χ3v) is 3.35. The Kier molecular flexibility index (Phi) is 3.50. The van der Waals surface area contributed by atoms with Gasteiger partial charge in [-0.1, -0.05) is 42.5 Å². The second kappa shape index (κ2) is 5.62. The van der Waals surface area contributed by atoms with Gasteiger partial charge in [0.25, 0.3) is 5.56 Å². The summed E-state index contributed by atoms with van der Waals surface area (Å²) in [6, 6.07) is 17.2. The minimum atomic E-state index is -1.14. The van der Waals surface area contributed by atoms with E-state index in [1.165, 1.54) is 0 Å². The zero-order valence-corrected chi connectivity index (χ0v) is 11.5. The Hall–Kier alpha value is -3.26. The van der Waals surface area contributed by atoms with Gasteiger partial charge in [0.15, 0.2) is 11.7 Å². The molecule has 1 atom stereocenters. The zero-order chi connectivity index (χ0) is 15.5. The first kappa shape index (κ1) is 13.7. The van der Waals surface area contributed by atoms with Gasteiger partial charge < -0.3 is 4.98 Å². The van der Waals surface area contributed by atoms with Crippen molar-refractivity contribution in [1.82, 2.24) is 9.97 Å². The fourth-order valence-corrected chi connectivity index (χ4v) is 2.25. The Morgan fingerprint density at radius 2 is 1.77 bits per heavy atom. The molecule has 5 heteroatoms. The highest BCUT2D eigenvalue weighted by atomic mass is 16.1. The number of ketones is 1. The van der Waals surface area contributed by atoms with Crippen molar-refractivity contribution < 1.29 is 4.79 Å². The first-order valence-corrected chi connectivity index (χ1v) is 6.68. The van der Waals surface area contributed by atoms with Crippen molar-refractivity contribution in [2.45, 2.75) is 5.92 Å². The molecule has 1 N–H and O–H groups in total. The lowest BCUT2D eigenvalue weighted by molar-refractivity contribution is 0.0976. The van der Waals surface area contributed by atoms with Crippen molar-refractivity contribution in [3.63, 3.8) is 0 Å². The average molecular weight is 289 g/mol. The molecule has 1 heterocycles. The Bertz CT molecular complexity index is 939. The standard InChI is InChI=1S/C17H11N3O2/c18-10-13(15(21)11-6-2-1-3-7-11)16-19-14-9-5-4-8-12(14)17(22)20-16/h1-9,13H,(H,19,20,22). The van der Waals surface area contributed by atoms with Gasteiger partial charge in [0, 0.05) is 5.56 Å². The van der Waals surface area contributed by atoms with E-state index in [1.54, 1.807) is 54.6 Å². The fraction of sp³-hybridized carbons (Fsp3) is 0.0588. The molecule has 0 bridgehead atoms. The van der Waals surface area contributed by atoms with Crippen LogP contribution in [0, 0.1) is 11.3 Å². The van der Waals surface area contributed by atoms with E-state index in [-0.39, 0.29) is 17.2 Å². The molecule has 1 aromatic heterocycles. The van der Waals surface area contributed by atoms with Gasteiger partial charge in [-0.25, -0.2) is 4.98 Å². The van der Waals surface area contributed by atoms with E-state index in [9.17, 15) is 14.9 Å². The summed E-state index contributed by atoms with van der Waals surface area (Å²) in [7, 11) is 0. The largest absolute Gasteiger partial charge is 0.308 e. The van der Waals surface area contributed by atoms with E-state index in [0.29, 0.717) is 16.5 Å². The highest BCUT2D eigenvalue weighted by Crippen LogP contribution is 2.18. The molecular weight excluding hydrogens is 278 g/mol. The first-order chi connectivity index (χ1) is 10.7. The van der Waals surface area contributed by atoms with Gasteiger partial charge in [-0.3, -0.25) is 9.59 Å². The molecule has 5 nitrogen and oxygen atoms in total. The lowest BCUT2D eigenvalue weighted by Crippen LogP contribution is -2.19. The number of hydrogen-bond donors (Lipinski definition) is 1. The van der Waals surface area contributed by atoms with Gasteiger partial charge >= 0.3 is 0 Å². The summed E-state index contributed by atoms with van der Waals surface area (Å²) in [6.07, 6.45) is 0. The average Bonchev–Trinajstić information content (AvgIpc) is 2.56. The molecule has 0 aliphatic rings. The predicted octanol–water partition coefficient (Wildman–Crippen LogP) is 2.41. The number of nitrogens with zero attached hydrogens (tertiary/aromatic N) is 2. The van der Waals surface area contributed by atoms with E-state index in [2.05, 4.69) is 9.97 Å². The van der Waals surface area contributed by atoms with Gasteiger partial charge in [-0.2, -0.15) is 5.26 Å². The number of aromatic amines is 1. The maximum Gasteiger partial charge on any atom is 0.258 e. The third-order valence-electron chi connectivity index (χ3n) is 3.35. The summed E-state index contributed by atoms with van der Waals surface area (Å²) in [6.45, 7) is 0. The van der Waals surface area contributed by atoms with Crippen LogP contribution in [0.5, 0.6) is 0 Å². The summed E-state index contributed by atoms with van der Waals surface area (Å²) < 4.78 is 0. The van der Waals surface area contributed by atoms with Crippen molar-refractivity contribution in [3.05, 3.63) is 76.3 Å². The topological polar surface area (TPSA) is 86.6 Å². The van der Waals surface area contributed by atoms with E-state index >= 15 is 0 Å². The normalized spacial score (nSPS) is 11.8. The number of carbonyl (C=O) groups excluding carboxylic acids is 1. The van der Waals surface area contributed by atoms with Crippen LogP contribution in [0.1, 0.15) is 22.1 Å².